The molecule has 1 saturated carbocycles. The number of urea groups is 1. The third-order valence-corrected chi connectivity index (χ3v) is 6.08. The van der Waals surface area contributed by atoms with Gasteiger partial charge in [0.1, 0.15) is 0 Å². The van der Waals surface area contributed by atoms with Gasteiger partial charge in [0, 0.05) is 11.4 Å². The van der Waals surface area contributed by atoms with Crippen LogP contribution in [0.3, 0.4) is 0 Å². The molecule has 26 heavy (non-hydrogen) atoms. The fourth-order valence-corrected chi connectivity index (χ4v) is 4.38. The average molecular weight is 395 g/mol. The van der Waals surface area contributed by atoms with Gasteiger partial charge in [-0.05, 0) is 41.1 Å². The summed E-state index contributed by atoms with van der Waals surface area (Å²) >= 11 is 2.90. The minimum Gasteiger partial charge on any atom is -0.337 e. The molecule has 0 aliphatic heterocycles. The first-order valence-corrected chi connectivity index (χ1v) is 10.6. The van der Waals surface area contributed by atoms with E-state index in [0.29, 0.717) is 17.7 Å². The van der Waals surface area contributed by atoms with E-state index in [-0.39, 0.29) is 11.7 Å². The molecule has 140 valence electrons. The molecular formula is C16H22N6O2S2. The van der Waals surface area contributed by atoms with Gasteiger partial charge in [-0.25, -0.2) is 9.48 Å². The highest BCUT2D eigenvalue weighted by Crippen LogP contribution is 2.30. The first kappa shape index (κ1) is 18.8. The summed E-state index contributed by atoms with van der Waals surface area (Å²) in [7, 11) is 0. The summed E-state index contributed by atoms with van der Waals surface area (Å²) in [5.41, 5.74) is 0. The number of hydrogen-bond donors (Lipinski definition) is 2. The van der Waals surface area contributed by atoms with Crippen molar-refractivity contribution in [2.75, 3.05) is 12.3 Å². The Morgan fingerprint density at radius 3 is 2.92 bits per heavy atom. The Morgan fingerprint density at radius 1 is 1.31 bits per heavy atom. The van der Waals surface area contributed by atoms with Crippen molar-refractivity contribution in [2.24, 2.45) is 0 Å². The molecule has 10 heteroatoms. The van der Waals surface area contributed by atoms with Crippen LogP contribution in [0.2, 0.25) is 0 Å². The molecule has 1 aliphatic carbocycles. The van der Waals surface area contributed by atoms with E-state index in [0.717, 1.165) is 19.3 Å². The molecule has 0 unspecified atom stereocenters. The summed E-state index contributed by atoms with van der Waals surface area (Å²) in [6.07, 6.45) is 6.51. The molecule has 0 bridgehead atoms. The predicted octanol–water partition coefficient (Wildman–Crippen LogP) is 2.40. The second kappa shape index (κ2) is 9.67. The zero-order valence-electron chi connectivity index (χ0n) is 14.4. The summed E-state index contributed by atoms with van der Waals surface area (Å²) in [5.74, 6) is -0.257. The summed E-state index contributed by atoms with van der Waals surface area (Å²) in [5, 5.41) is 19.5. The number of aromatic nitrogens is 4. The van der Waals surface area contributed by atoms with Gasteiger partial charge in [0.05, 0.1) is 11.8 Å². The van der Waals surface area contributed by atoms with Crippen LogP contribution in [-0.2, 0) is 11.2 Å². The Morgan fingerprint density at radius 2 is 2.15 bits per heavy atom. The summed E-state index contributed by atoms with van der Waals surface area (Å²) < 4.78 is 1.82. The van der Waals surface area contributed by atoms with Gasteiger partial charge < -0.3 is 5.32 Å². The Labute approximate surface area is 160 Å². The van der Waals surface area contributed by atoms with Crippen molar-refractivity contribution in [3.8, 4) is 0 Å². The molecule has 0 aromatic carbocycles. The lowest BCUT2D eigenvalue weighted by atomic mass is 9.96. The predicted molar refractivity (Wildman–Crippen MR) is 100 cm³/mol. The van der Waals surface area contributed by atoms with Gasteiger partial charge in [0.15, 0.2) is 0 Å². The first-order valence-electron chi connectivity index (χ1n) is 8.73. The third kappa shape index (κ3) is 5.53. The van der Waals surface area contributed by atoms with Crippen LogP contribution < -0.4 is 10.6 Å². The molecule has 1 fully saturated rings. The topological polar surface area (TPSA) is 102 Å². The molecule has 2 heterocycles. The standard InChI is InChI=1S/C16H22N6O2S2/c23-14(18-15(24)17-9-8-13-7-4-10-25-13)11-26-16-19-20-21-22(16)12-5-2-1-3-6-12/h4,7,10,12H,1-3,5-6,8-9,11H2,(H2,17,18,23,24). The van der Waals surface area contributed by atoms with Crippen molar-refractivity contribution in [1.82, 2.24) is 30.8 Å². The Bertz CT molecular complexity index is 712. The quantitative estimate of drug-likeness (QED) is 0.699. The number of hydrogen-bond acceptors (Lipinski definition) is 7. The van der Waals surface area contributed by atoms with E-state index >= 15 is 0 Å². The van der Waals surface area contributed by atoms with Gasteiger partial charge >= 0.3 is 6.03 Å². The van der Waals surface area contributed by atoms with Crippen molar-refractivity contribution in [3.05, 3.63) is 22.4 Å². The number of nitrogens with zero attached hydrogens (tertiary/aromatic N) is 4. The van der Waals surface area contributed by atoms with Gasteiger partial charge in [-0.1, -0.05) is 37.1 Å². The molecule has 2 aromatic rings. The number of imide groups is 1. The number of tetrazole rings is 1. The fourth-order valence-electron chi connectivity index (χ4n) is 2.93. The van der Waals surface area contributed by atoms with Crippen molar-refractivity contribution in [3.63, 3.8) is 0 Å². The van der Waals surface area contributed by atoms with Crippen LogP contribution in [-0.4, -0.2) is 44.4 Å². The Kier molecular flexibility index (Phi) is 7.01. The number of carbonyl (C=O) groups is 2. The molecule has 0 radical (unpaired) electrons. The van der Waals surface area contributed by atoms with E-state index in [9.17, 15) is 9.59 Å². The molecule has 0 saturated heterocycles. The molecule has 3 rings (SSSR count). The molecule has 0 atom stereocenters. The van der Waals surface area contributed by atoms with Gasteiger partial charge in [-0.3, -0.25) is 10.1 Å². The van der Waals surface area contributed by atoms with Gasteiger partial charge in [0.2, 0.25) is 11.1 Å². The van der Waals surface area contributed by atoms with Crippen molar-refractivity contribution >= 4 is 35.0 Å². The fraction of sp³-hybridized carbons (Fsp3) is 0.562. The van der Waals surface area contributed by atoms with Crippen LogP contribution in [0.5, 0.6) is 0 Å². The van der Waals surface area contributed by atoms with E-state index in [2.05, 4.69) is 26.2 Å². The second-order valence-corrected chi connectivity index (χ2v) is 8.09. The lowest BCUT2D eigenvalue weighted by Crippen LogP contribution is -2.41. The summed E-state index contributed by atoms with van der Waals surface area (Å²) in [6, 6.07) is 3.83. The maximum atomic E-state index is 12.0. The lowest BCUT2D eigenvalue weighted by molar-refractivity contribution is -0.117. The molecule has 2 N–H and O–H groups in total. The highest BCUT2D eigenvalue weighted by molar-refractivity contribution is 7.99. The highest BCUT2D eigenvalue weighted by atomic mass is 32.2. The number of nitrogens with one attached hydrogen (secondary N) is 2. The minimum atomic E-state index is -0.473. The summed E-state index contributed by atoms with van der Waals surface area (Å²) in [6.45, 7) is 0.493. The maximum Gasteiger partial charge on any atom is 0.321 e. The number of rotatable bonds is 7. The largest absolute Gasteiger partial charge is 0.337 e. The second-order valence-electron chi connectivity index (χ2n) is 6.12. The molecule has 1 aliphatic rings. The molecule has 0 spiro atoms. The van der Waals surface area contributed by atoms with E-state index in [1.54, 1.807) is 11.3 Å². The van der Waals surface area contributed by atoms with E-state index in [4.69, 9.17) is 0 Å². The molecular weight excluding hydrogens is 372 g/mol. The zero-order chi connectivity index (χ0) is 18.2. The van der Waals surface area contributed by atoms with Crippen LogP contribution in [0.4, 0.5) is 4.79 Å². The number of thioether (sulfide) groups is 1. The van der Waals surface area contributed by atoms with Crippen LogP contribution in [0.15, 0.2) is 22.7 Å². The van der Waals surface area contributed by atoms with Crippen molar-refractivity contribution in [1.29, 1.82) is 0 Å². The van der Waals surface area contributed by atoms with Gasteiger partial charge in [-0.15, -0.1) is 16.4 Å². The summed E-state index contributed by atoms with van der Waals surface area (Å²) in [4.78, 5) is 24.9. The zero-order valence-corrected chi connectivity index (χ0v) is 16.0. The Balaban J connectivity index is 1.38. The van der Waals surface area contributed by atoms with E-state index in [1.807, 2.05) is 22.2 Å². The monoisotopic (exact) mass is 394 g/mol. The van der Waals surface area contributed by atoms with Gasteiger partial charge in [0.25, 0.3) is 0 Å². The van der Waals surface area contributed by atoms with Crippen molar-refractivity contribution in [2.45, 2.75) is 49.7 Å². The van der Waals surface area contributed by atoms with E-state index in [1.165, 1.54) is 35.9 Å². The van der Waals surface area contributed by atoms with Crippen LogP contribution in [0.1, 0.15) is 43.0 Å². The highest BCUT2D eigenvalue weighted by Gasteiger charge is 2.21. The minimum absolute atomic E-state index is 0.103. The normalized spacial score (nSPS) is 14.9. The third-order valence-electron chi connectivity index (χ3n) is 4.21. The average Bonchev–Trinajstić information content (AvgIpc) is 3.32. The first-order chi connectivity index (χ1) is 12.7. The molecule has 3 amide bonds. The van der Waals surface area contributed by atoms with Crippen molar-refractivity contribution < 1.29 is 9.59 Å². The van der Waals surface area contributed by atoms with Crippen LogP contribution >= 0.6 is 23.1 Å². The number of thiophene rings is 1. The van der Waals surface area contributed by atoms with E-state index < -0.39 is 6.03 Å². The number of amides is 3. The maximum absolute atomic E-state index is 12.0. The SMILES string of the molecule is O=C(CSc1nnnn1C1CCCCC1)NC(=O)NCCc1cccs1. The van der Waals surface area contributed by atoms with Crippen LogP contribution in [0.25, 0.3) is 0 Å². The van der Waals surface area contributed by atoms with Gasteiger partial charge in [-0.2, -0.15) is 0 Å². The molecule has 8 nitrogen and oxygen atoms in total. The number of carbonyl (C=O) groups excluding carboxylic acids is 2. The van der Waals surface area contributed by atoms with Crippen LogP contribution in [0, 0.1) is 0 Å². The Hall–Kier alpha value is -1.94. The smallest absolute Gasteiger partial charge is 0.321 e. The lowest BCUT2D eigenvalue weighted by Gasteiger charge is -2.21. The molecule has 2 aromatic heterocycles.